The van der Waals surface area contributed by atoms with Gasteiger partial charge in [0.05, 0.1) is 0 Å². The van der Waals surface area contributed by atoms with Gasteiger partial charge in [-0.1, -0.05) is 37.3 Å². The highest BCUT2D eigenvalue weighted by molar-refractivity contribution is 6.30. The van der Waals surface area contributed by atoms with E-state index in [4.69, 9.17) is 23.2 Å². The minimum Gasteiger partial charge on any atom is -0.371 e. The Hall–Kier alpha value is -0.400. The molecule has 1 nitrogen and oxygen atoms in total. The summed E-state index contributed by atoms with van der Waals surface area (Å²) in [6, 6.07) is 6.69. The first-order chi connectivity index (χ1) is 8.72. The summed E-state index contributed by atoms with van der Waals surface area (Å²) in [4.78, 5) is 2.40. The summed E-state index contributed by atoms with van der Waals surface area (Å²) in [5.74, 6) is 0.521. The topological polar surface area (TPSA) is 3.24 Å². The smallest absolute Gasteiger partial charge is 0.0495 e. The molecule has 1 aliphatic rings. The molecular weight excluding hydrogens is 265 g/mol. The van der Waals surface area contributed by atoms with E-state index in [1.807, 2.05) is 12.1 Å². The number of hydrogen-bond donors (Lipinski definition) is 0. The van der Waals surface area contributed by atoms with Crippen LogP contribution in [0.15, 0.2) is 18.2 Å². The van der Waals surface area contributed by atoms with Crippen LogP contribution >= 0.6 is 23.2 Å². The van der Waals surface area contributed by atoms with Crippen LogP contribution in [0.2, 0.25) is 5.02 Å². The van der Waals surface area contributed by atoms with E-state index in [0.29, 0.717) is 11.9 Å². The molecule has 0 atom stereocenters. The van der Waals surface area contributed by atoms with Crippen molar-refractivity contribution < 1.29 is 0 Å². The average molecular weight is 286 g/mol. The van der Waals surface area contributed by atoms with Crippen LogP contribution in [0.4, 0.5) is 5.69 Å². The van der Waals surface area contributed by atoms with Gasteiger partial charge in [-0.3, -0.25) is 0 Å². The first-order valence-electron chi connectivity index (χ1n) is 6.79. The Labute approximate surface area is 120 Å². The van der Waals surface area contributed by atoms with E-state index in [1.54, 1.807) is 0 Å². The second-order valence-corrected chi connectivity index (χ2v) is 5.87. The SMILES string of the molecule is CN(c1ccc(Cl)cc1CCl)C1CCCCCC1. The fourth-order valence-electron chi connectivity index (χ4n) is 2.85. The molecule has 0 radical (unpaired) electrons. The van der Waals surface area contributed by atoms with Gasteiger partial charge in [-0.2, -0.15) is 0 Å². The number of rotatable bonds is 3. The summed E-state index contributed by atoms with van der Waals surface area (Å²) in [5.41, 5.74) is 2.37. The van der Waals surface area contributed by atoms with Crippen molar-refractivity contribution in [2.24, 2.45) is 0 Å². The lowest BCUT2D eigenvalue weighted by Gasteiger charge is -2.31. The molecule has 1 aliphatic carbocycles. The number of benzene rings is 1. The molecule has 2 rings (SSSR count). The Morgan fingerprint density at radius 1 is 1.17 bits per heavy atom. The highest BCUT2D eigenvalue weighted by atomic mass is 35.5. The summed E-state index contributed by atoms with van der Waals surface area (Å²) in [7, 11) is 2.19. The van der Waals surface area contributed by atoms with Crippen molar-refractivity contribution in [3.8, 4) is 0 Å². The third kappa shape index (κ3) is 3.33. The number of anilines is 1. The summed E-state index contributed by atoms with van der Waals surface area (Å²) >= 11 is 12.1. The second kappa shape index (κ2) is 6.68. The van der Waals surface area contributed by atoms with E-state index in [0.717, 1.165) is 10.6 Å². The lowest BCUT2D eigenvalue weighted by Crippen LogP contribution is -2.31. The van der Waals surface area contributed by atoms with Crippen LogP contribution < -0.4 is 4.90 Å². The molecule has 1 aromatic carbocycles. The number of nitrogens with zero attached hydrogens (tertiary/aromatic N) is 1. The van der Waals surface area contributed by atoms with Gasteiger partial charge < -0.3 is 4.90 Å². The minimum atomic E-state index is 0.521. The Bertz CT molecular complexity index is 384. The average Bonchev–Trinajstić information content (AvgIpc) is 2.66. The number of alkyl halides is 1. The fourth-order valence-corrected chi connectivity index (χ4v) is 3.26. The zero-order valence-corrected chi connectivity index (χ0v) is 12.5. The Morgan fingerprint density at radius 3 is 2.44 bits per heavy atom. The maximum atomic E-state index is 6.04. The fraction of sp³-hybridized carbons (Fsp3) is 0.600. The van der Waals surface area contributed by atoms with Crippen LogP contribution in [-0.4, -0.2) is 13.1 Å². The van der Waals surface area contributed by atoms with Crippen molar-refractivity contribution in [1.82, 2.24) is 0 Å². The van der Waals surface area contributed by atoms with Gasteiger partial charge in [-0.25, -0.2) is 0 Å². The van der Waals surface area contributed by atoms with Gasteiger partial charge in [0.25, 0.3) is 0 Å². The second-order valence-electron chi connectivity index (χ2n) is 5.16. The standard InChI is InChI=1S/C15H21Cl2N/c1-18(14-6-4-2-3-5-7-14)15-9-8-13(17)10-12(15)11-16/h8-10,14H,2-7,11H2,1H3. The van der Waals surface area contributed by atoms with Gasteiger partial charge in [0.1, 0.15) is 0 Å². The summed E-state index contributed by atoms with van der Waals surface area (Å²) in [6.07, 6.45) is 8.04. The highest BCUT2D eigenvalue weighted by Crippen LogP contribution is 2.30. The van der Waals surface area contributed by atoms with Crippen LogP contribution in [0.1, 0.15) is 44.1 Å². The van der Waals surface area contributed by atoms with E-state index in [-0.39, 0.29) is 0 Å². The van der Waals surface area contributed by atoms with Crippen LogP contribution in [-0.2, 0) is 5.88 Å². The van der Waals surface area contributed by atoms with Gasteiger partial charge in [0, 0.05) is 29.7 Å². The van der Waals surface area contributed by atoms with Crippen molar-refractivity contribution in [1.29, 1.82) is 0 Å². The van der Waals surface area contributed by atoms with Crippen LogP contribution in [0.5, 0.6) is 0 Å². The molecule has 0 spiro atoms. The molecule has 0 aliphatic heterocycles. The summed E-state index contributed by atoms with van der Waals surface area (Å²) in [5, 5.41) is 0.767. The monoisotopic (exact) mass is 285 g/mol. The molecule has 0 heterocycles. The quantitative estimate of drug-likeness (QED) is 0.542. The lowest BCUT2D eigenvalue weighted by atomic mass is 10.1. The molecule has 0 aromatic heterocycles. The predicted molar refractivity (Wildman–Crippen MR) is 80.9 cm³/mol. The number of halogens is 2. The van der Waals surface area contributed by atoms with Gasteiger partial charge in [0.15, 0.2) is 0 Å². The van der Waals surface area contributed by atoms with Crippen LogP contribution in [0.25, 0.3) is 0 Å². The van der Waals surface area contributed by atoms with Crippen molar-refractivity contribution in [3.63, 3.8) is 0 Å². The van der Waals surface area contributed by atoms with Gasteiger partial charge in [-0.15, -0.1) is 11.6 Å². The molecule has 100 valence electrons. The minimum absolute atomic E-state index is 0.521. The first-order valence-corrected chi connectivity index (χ1v) is 7.71. The molecule has 3 heteroatoms. The predicted octanol–water partition coefficient (Wildman–Crippen LogP) is 5.24. The molecule has 0 amide bonds. The van der Waals surface area contributed by atoms with Gasteiger partial charge in [-0.05, 0) is 36.6 Å². The first kappa shape index (κ1) is 14.0. The van der Waals surface area contributed by atoms with Gasteiger partial charge in [0.2, 0.25) is 0 Å². The van der Waals surface area contributed by atoms with Crippen molar-refractivity contribution in [2.75, 3.05) is 11.9 Å². The van der Waals surface area contributed by atoms with E-state index in [1.165, 1.54) is 44.2 Å². The van der Waals surface area contributed by atoms with E-state index >= 15 is 0 Å². The molecular formula is C15H21Cl2N. The molecule has 18 heavy (non-hydrogen) atoms. The molecule has 0 unspecified atom stereocenters. The Balaban J connectivity index is 2.18. The highest BCUT2D eigenvalue weighted by Gasteiger charge is 2.19. The third-order valence-electron chi connectivity index (χ3n) is 3.94. The number of hydrogen-bond acceptors (Lipinski definition) is 1. The zero-order valence-electron chi connectivity index (χ0n) is 11.0. The largest absolute Gasteiger partial charge is 0.371 e. The van der Waals surface area contributed by atoms with Crippen molar-refractivity contribution in [2.45, 2.75) is 50.4 Å². The van der Waals surface area contributed by atoms with Crippen molar-refractivity contribution in [3.05, 3.63) is 28.8 Å². The van der Waals surface area contributed by atoms with E-state index in [2.05, 4.69) is 18.0 Å². The van der Waals surface area contributed by atoms with E-state index < -0.39 is 0 Å². The zero-order chi connectivity index (χ0) is 13.0. The van der Waals surface area contributed by atoms with Gasteiger partial charge >= 0.3 is 0 Å². The lowest BCUT2D eigenvalue weighted by molar-refractivity contribution is 0.552. The normalized spacial score (nSPS) is 17.5. The van der Waals surface area contributed by atoms with Crippen LogP contribution in [0.3, 0.4) is 0 Å². The molecule has 1 aromatic rings. The maximum Gasteiger partial charge on any atom is 0.0495 e. The maximum absolute atomic E-state index is 6.04. The Kier molecular flexibility index (Phi) is 5.20. The summed E-state index contributed by atoms with van der Waals surface area (Å²) < 4.78 is 0. The molecule has 1 fully saturated rings. The third-order valence-corrected chi connectivity index (χ3v) is 4.46. The molecule has 0 bridgehead atoms. The van der Waals surface area contributed by atoms with Crippen LogP contribution in [0, 0.1) is 0 Å². The van der Waals surface area contributed by atoms with E-state index in [9.17, 15) is 0 Å². The van der Waals surface area contributed by atoms with Crippen molar-refractivity contribution >= 4 is 28.9 Å². The molecule has 1 saturated carbocycles. The Morgan fingerprint density at radius 2 is 1.83 bits per heavy atom. The molecule has 0 saturated heterocycles. The summed E-state index contributed by atoms with van der Waals surface area (Å²) in [6.45, 7) is 0. The molecule has 0 N–H and O–H groups in total.